The molecule has 0 aliphatic heterocycles. The minimum atomic E-state index is -0.641. The number of carbonyl (C=O) groups is 2. The summed E-state index contributed by atoms with van der Waals surface area (Å²) in [5.74, 6) is -0.573. The van der Waals surface area contributed by atoms with Crippen LogP contribution < -0.4 is 16.4 Å². The van der Waals surface area contributed by atoms with Crippen LogP contribution >= 0.6 is 0 Å². The summed E-state index contributed by atoms with van der Waals surface area (Å²) in [6.45, 7) is 5.98. The van der Waals surface area contributed by atoms with Crippen LogP contribution in [0, 0.1) is 0 Å². The van der Waals surface area contributed by atoms with Gasteiger partial charge in [-0.15, -0.1) is 0 Å². The highest BCUT2D eigenvalue weighted by Gasteiger charge is 2.16. The first-order valence-corrected chi connectivity index (χ1v) is 5.59. The maximum absolute atomic E-state index is 11.4. The van der Waals surface area contributed by atoms with E-state index in [-0.39, 0.29) is 23.9 Å². The van der Waals surface area contributed by atoms with E-state index in [0.29, 0.717) is 13.0 Å². The summed E-state index contributed by atoms with van der Waals surface area (Å²) in [6.07, 6.45) is 0.434. The van der Waals surface area contributed by atoms with Gasteiger partial charge in [-0.2, -0.15) is 0 Å². The Morgan fingerprint density at radius 1 is 1.35 bits per heavy atom. The standard InChI is InChI=1S/C11H23N3O3/c1-11(2,3)14-9(15)7-13-10(16)8(12)5-6-17-4/h8H,5-7,12H2,1-4H3,(H,13,16)(H,14,15). The summed E-state index contributed by atoms with van der Waals surface area (Å²) in [4.78, 5) is 22.9. The summed E-state index contributed by atoms with van der Waals surface area (Å²) in [7, 11) is 1.54. The quantitative estimate of drug-likeness (QED) is 0.581. The van der Waals surface area contributed by atoms with Crippen LogP contribution in [0.3, 0.4) is 0 Å². The first-order valence-electron chi connectivity index (χ1n) is 5.59. The molecule has 0 heterocycles. The van der Waals surface area contributed by atoms with Crippen LogP contribution in [-0.2, 0) is 14.3 Å². The van der Waals surface area contributed by atoms with E-state index in [1.165, 1.54) is 0 Å². The van der Waals surface area contributed by atoms with Gasteiger partial charge in [0.25, 0.3) is 0 Å². The molecule has 0 aliphatic rings. The van der Waals surface area contributed by atoms with Crippen molar-refractivity contribution in [2.45, 2.75) is 38.8 Å². The van der Waals surface area contributed by atoms with E-state index in [0.717, 1.165) is 0 Å². The summed E-state index contributed by atoms with van der Waals surface area (Å²) < 4.78 is 4.81. The number of ether oxygens (including phenoxy) is 1. The number of nitrogens with one attached hydrogen (secondary N) is 2. The van der Waals surface area contributed by atoms with E-state index in [4.69, 9.17) is 10.5 Å². The molecule has 0 aromatic rings. The summed E-state index contributed by atoms with van der Waals surface area (Å²) >= 11 is 0. The Labute approximate surface area is 102 Å². The molecule has 17 heavy (non-hydrogen) atoms. The Balaban J connectivity index is 3.87. The zero-order valence-electron chi connectivity index (χ0n) is 11.0. The van der Waals surface area contributed by atoms with Gasteiger partial charge in [-0.3, -0.25) is 9.59 Å². The van der Waals surface area contributed by atoms with Crippen LogP contribution in [0.5, 0.6) is 0 Å². The van der Waals surface area contributed by atoms with Crippen molar-refractivity contribution in [3.05, 3.63) is 0 Å². The molecule has 0 spiro atoms. The Bertz CT molecular complexity index is 261. The predicted molar refractivity (Wildman–Crippen MR) is 65.4 cm³/mol. The van der Waals surface area contributed by atoms with Gasteiger partial charge >= 0.3 is 0 Å². The first-order chi connectivity index (χ1) is 7.76. The number of hydrogen-bond acceptors (Lipinski definition) is 4. The smallest absolute Gasteiger partial charge is 0.239 e. The molecule has 1 unspecified atom stereocenters. The maximum Gasteiger partial charge on any atom is 0.239 e. The van der Waals surface area contributed by atoms with Gasteiger partial charge in [0, 0.05) is 19.3 Å². The lowest BCUT2D eigenvalue weighted by molar-refractivity contribution is -0.127. The lowest BCUT2D eigenvalue weighted by Crippen LogP contribution is -2.49. The minimum Gasteiger partial charge on any atom is -0.385 e. The Kier molecular flexibility index (Phi) is 6.75. The third-order valence-corrected chi connectivity index (χ3v) is 1.91. The van der Waals surface area contributed by atoms with Crippen molar-refractivity contribution in [1.82, 2.24) is 10.6 Å². The molecule has 0 radical (unpaired) electrons. The fourth-order valence-electron chi connectivity index (χ4n) is 1.14. The van der Waals surface area contributed by atoms with Crippen molar-refractivity contribution in [3.63, 3.8) is 0 Å². The summed E-state index contributed by atoms with van der Waals surface area (Å²) in [5, 5.41) is 5.22. The average Bonchev–Trinajstić information content (AvgIpc) is 2.20. The average molecular weight is 245 g/mol. The minimum absolute atomic E-state index is 0.0587. The fraction of sp³-hybridized carbons (Fsp3) is 0.818. The topological polar surface area (TPSA) is 93.4 Å². The third-order valence-electron chi connectivity index (χ3n) is 1.91. The van der Waals surface area contributed by atoms with Gasteiger partial charge in [-0.1, -0.05) is 0 Å². The predicted octanol–water partition coefficient (Wildman–Crippen LogP) is -0.619. The van der Waals surface area contributed by atoms with Gasteiger partial charge in [0.15, 0.2) is 0 Å². The van der Waals surface area contributed by atoms with Crippen molar-refractivity contribution in [2.75, 3.05) is 20.3 Å². The summed E-state index contributed by atoms with van der Waals surface area (Å²) in [6, 6.07) is -0.641. The van der Waals surface area contributed by atoms with Crippen molar-refractivity contribution < 1.29 is 14.3 Å². The van der Waals surface area contributed by atoms with Crippen LogP contribution in [0.2, 0.25) is 0 Å². The van der Waals surface area contributed by atoms with Crippen LogP contribution in [0.25, 0.3) is 0 Å². The monoisotopic (exact) mass is 245 g/mol. The molecule has 0 bridgehead atoms. The van der Waals surface area contributed by atoms with Crippen LogP contribution in [-0.4, -0.2) is 43.7 Å². The fourth-order valence-corrected chi connectivity index (χ4v) is 1.14. The number of amides is 2. The zero-order chi connectivity index (χ0) is 13.5. The lowest BCUT2D eigenvalue weighted by atomic mass is 10.1. The number of hydrogen-bond donors (Lipinski definition) is 3. The second-order valence-corrected chi connectivity index (χ2v) is 4.90. The third kappa shape index (κ3) is 8.65. The van der Waals surface area contributed by atoms with E-state index in [2.05, 4.69) is 10.6 Å². The van der Waals surface area contributed by atoms with E-state index >= 15 is 0 Å². The van der Waals surface area contributed by atoms with E-state index in [1.54, 1.807) is 7.11 Å². The second-order valence-electron chi connectivity index (χ2n) is 4.90. The van der Waals surface area contributed by atoms with Crippen molar-refractivity contribution in [2.24, 2.45) is 5.73 Å². The van der Waals surface area contributed by atoms with E-state index in [9.17, 15) is 9.59 Å². The van der Waals surface area contributed by atoms with Gasteiger partial charge in [0.2, 0.25) is 11.8 Å². The van der Waals surface area contributed by atoms with E-state index in [1.807, 2.05) is 20.8 Å². The molecule has 0 saturated carbocycles. The van der Waals surface area contributed by atoms with Gasteiger partial charge in [0.1, 0.15) is 0 Å². The van der Waals surface area contributed by atoms with Crippen LogP contribution in [0.4, 0.5) is 0 Å². The molecule has 6 heteroatoms. The number of rotatable bonds is 6. The largest absolute Gasteiger partial charge is 0.385 e. The molecule has 1 atom stereocenters. The van der Waals surface area contributed by atoms with Crippen molar-refractivity contribution >= 4 is 11.8 Å². The molecule has 6 nitrogen and oxygen atoms in total. The van der Waals surface area contributed by atoms with Crippen molar-refractivity contribution in [3.8, 4) is 0 Å². The van der Waals surface area contributed by atoms with Crippen molar-refractivity contribution in [1.29, 1.82) is 0 Å². The van der Waals surface area contributed by atoms with Gasteiger partial charge in [0.05, 0.1) is 12.6 Å². The maximum atomic E-state index is 11.4. The first kappa shape index (κ1) is 15.9. The molecule has 100 valence electrons. The number of methoxy groups -OCH3 is 1. The highest BCUT2D eigenvalue weighted by molar-refractivity contribution is 5.87. The Morgan fingerprint density at radius 3 is 2.41 bits per heavy atom. The van der Waals surface area contributed by atoms with Gasteiger partial charge in [-0.05, 0) is 27.2 Å². The molecular formula is C11H23N3O3. The summed E-state index contributed by atoms with van der Waals surface area (Å²) in [5.41, 5.74) is 5.29. The SMILES string of the molecule is COCCC(N)C(=O)NCC(=O)NC(C)(C)C. The highest BCUT2D eigenvalue weighted by Crippen LogP contribution is 1.97. The Morgan fingerprint density at radius 2 is 1.94 bits per heavy atom. The molecular weight excluding hydrogens is 222 g/mol. The molecule has 0 aromatic carbocycles. The molecule has 2 amide bonds. The lowest BCUT2D eigenvalue weighted by Gasteiger charge is -2.21. The highest BCUT2D eigenvalue weighted by atomic mass is 16.5. The molecule has 0 fully saturated rings. The van der Waals surface area contributed by atoms with Crippen LogP contribution in [0.15, 0.2) is 0 Å². The van der Waals surface area contributed by atoms with Crippen LogP contribution in [0.1, 0.15) is 27.2 Å². The second kappa shape index (κ2) is 7.24. The number of carbonyl (C=O) groups excluding carboxylic acids is 2. The number of nitrogens with two attached hydrogens (primary N) is 1. The normalized spacial score (nSPS) is 13.0. The zero-order valence-corrected chi connectivity index (χ0v) is 11.0. The Hall–Kier alpha value is -1.14. The van der Waals surface area contributed by atoms with Gasteiger partial charge < -0.3 is 21.1 Å². The molecule has 0 rings (SSSR count). The molecule has 4 N–H and O–H groups in total. The van der Waals surface area contributed by atoms with Gasteiger partial charge in [-0.25, -0.2) is 0 Å². The molecule has 0 aromatic heterocycles. The molecule has 0 saturated heterocycles. The molecule has 0 aliphatic carbocycles. The van der Waals surface area contributed by atoms with E-state index < -0.39 is 6.04 Å².